The number of alkyl carbamates (subject to hydrolysis) is 1. The average Bonchev–Trinajstić information content (AvgIpc) is 2.88. The first-order valence-corrected chi connectivity index (χ1v) is 13.5. The predicted molar refractivity (Wildman–Crippen MR) is 146 cm³/mol. The van der Waals surface area contributed by atoms with Gasteiger partial charge in [0, 0.05) is 6.42 Å². The van der Waals surface area contributed by atoms with Crippen molar-refractivity contribution in [2.45, 2.75) is 103 Å². The summed E-state index contributed by atoms with van der Waals surface area (Å²) in [5.41, 5.74) is 5.58. The molecule has 12 nitrogen and oxygen atoms in total. The van der Waals surface area contributed by atoms with Crippen LogP contribution in [0.3, 0.4) is 0 Å². The van der Waals surface area contributed by atoms with Crippen molar-refractivity contribution < 1.29 is 38.2 Å². The molecule has 0 aliphatic heterocycles. The first-order valence-electron chi connectivity index (χ1n) is 13.5. The fourth-order valence-corrected chi connectivity index (χ4v) is 4.11. The maximum atomic E-state index is 12.6. The van der Waals surface area contributed by atoms with Crippen LogP contribution in [0.25, 0.3) is 0 Å². The Morgan fingerprint density at radius 1 is 1.02 bits per heavy atom. The molecular weight excluding hydrogens is 520 g/mol. The number of hydrogen-bond donors (Lipinski definition) is 4. The Morgan fingerprint density at radius 2 is 1.70 bits per heavy atom. The monoisotopic (exact) mass is 562 g/mol. The van der Waals surface area contributed by atoms with Gasteiger partial charge < -0.3 is 35.9 Å². The molecule has 1 fully saturated rings. The van der Waals surface area contributed by atoms with E-state index >= 15 is 0 Å². The minimum atomic E-state index is -1.12. The van der Waals surface area contributed by atoms with Crippen molar-refractivity contribution >= 4 is 29.8 Å². The van der Waals surface area contributed by atoms with Gasteiger partial charge in [0.1, 0.15) is 30.9 Å². The van der Waals surface area contributed by atoms with Crippen molar-refractivity contribution in [3.8, 4) is 0 Å². The molecule has 0 spiro atoms. The zero-order chi connectivity index (χ0) is 29.7. The highest BCUT2D eigenvalue weighted by Crippen LogP contribution is 2.22. The van der Waals surface area contributed by atoms with Gasteiger partial charge in [-0.3, -0.25) is 19.2 Å². The van der Waals surface area contributed by atoms with Gasteiger partial charge in [-0.25, -0.2) is 4.79 Å². The summed E-state index contributed by atoms with van der Waals surface area (Å²) in [6.07, 6.45) is 2.06. The Labute approximate surface area is 235 Å². The minimum Gasteiger partial charge on any atom is -0.461 e. The predicted octanol–water partition coefficient (Wildman–Crippen LogP) is 1.84. The highest BCUT2D eigenvalue weighted by atomic mass is 16.6. The number of nitrogens with one attached hydrogen (secondary N) is 3. The average molecular weight is 563 g/mol. The Hall–Kier alpha value is -3.67. The highest BCUT2D eigenvalue weighted by Gasteiger charge is 2.30. The molecular formula is C28H42N4O8. The summed E-state index contributed by atoms with van der Waals surface area (Å²) < 4.78 is 16.3. The molecule has 1 aliphatic rings. The Morgan fingerprint density at radius 3 is 2.35 bits per heavy atom. The molecule has 1 aromatic carbocycles. The molecule has 0 bridgehead atoms. The number of benzene rings is 1. The lowest BCUT2D eigenvalue weighted by Crippen LogP contribution is -2.53. The number of amides is 4. The van der Waals surface area contributed by atoms with Gasteiger partial charge in [-0.05, 0) is 52.5 Å². The van der Waals surface area contributed by atoms with Crippen LogP contribution < -0.4 is 21.7 Å². The largest absolute Gasteiger partial charge is 0.461 e. The second kappa shape index (κ2) is 15.8. The minimum absolute atomic E-state index is 0.0494. The third kappa shape index (κ3) is 12.5. The maximum absolute atomic E-state index is 12.6. The number of carbonyl (C=O) groups is 5. The SMILES string of the molecule is C[C@H](NC(=O)CO[C@@H]1CCCC[C@H]1NC(=O)OC(C)(C)C)C(=O)N[C@H](CCC(=O)OCc1ccccc1)C(N)=O. The van der Waals surface area contributed by atoms with Gasteiger partial charge in [-0.15, -0.1) is 0 Å². The van der Waals surface area contributed by atoms with E-state index in [0.717, 1.165) is 18.4 Å². The topological polar surface area (TPSA) is 175 Å². The molecule has 0 heterocycles. The first-order chi connectivity index (χ1) is 18.8. The Kier molecular flexibility index (Phi) is 12.9. The number of hydrogen-bond acceptors (Lipinski definition) is 8. The van der Waals surface area contributed by atoms with Crippen LogP contribution in [0.4, 0.5) is 4.79 Å². The summed E-state index contributed by atoms with van der Waals surface area (Å²) in [6.45, 7) is 6.55. The molecule has 0 aromatic heterocycles. The Bertz CT molecular complexity index is 1010. The lowest BCUT2D eigenvalue weighted by atomic mass is 9.92. The molecule has 12 heteroatoms. The zero-order valence-electron chi connectivity index (χ0n) is 23.7. The standard InChI is InChI=1S/C28H42N4O8/c1-18(26(36)31-21(25(29)35)14-15-24(34)39-16-19-10-6-5-7-11-19)30-23(33)17-38-22-13-9-8-12-20(22)32-27(37)40-28(2,3)4/h5-7,10-11,18,20-22H,8-9,12-17H2,1-4H3,(H2,29,35)(H,30,33)(H,31,36)(H,32,37)/t18-,20+,21+,22+/m0/s1. The van der Waals surface area contributed by atoms with E-state index in [9.17, 15) is 24.0 Å². The summed E-state index contributed by atoms with van der Waals surface area (Å²) in [5.74, 6) is -2.53. The molecule has 0 saturated heterocycles. The van der Waals surface area contributed by atoms with Crippen LogP contribution in [-0.4, -0.2) is 66.2 Å². The van der Waals surface area contributed by atoms with Gasteiger partial charge in [0.15, 0.2) is 0 Å². The third-order valence-electron chi connectivity index (χ3n) is 6.14. The number of rotatable bonds is 13. The number of carbonyl (C=O) groups excluding carboxylic acids is 5. The maximum Gasteiger partial charge on any atom is 0.407 e. The summed E-state index contributed by atoms with van der Waals surface area (Å²) in [7, 11) is 0. The first kappa shape index (κ1) is 32.5. The van der Waals surface area contributed by atoms with Gasteiger partial charge in [-0.2, -0.15) is 0 Å². The van der Waals surface area contributed by atoms with Crippen molar-refractivity contribution in [1.29, 1.82) is 0 Å². The molecule has 1 saturated carbocycles. The summed E-state index contributed by atoms with van der Waals surface area (Å²) in [4.78, 5) is 61.1. The third-order valence-corrected chi connectivity index (χ3v) is 6.14. The van der Waals surface area contributed by atoms with Crippen molar-refractivity contribution in [2.75, 3.05) is 6.61 Å². The van der Waals surface area contributed by atoms with E-state index in [-0.39, 0.29) is 38.2 Å². The van der Waals surface area contributed by atoms with Crippen molar-refractivity contribution in [1.82, 2.24) is 16.0 Å². The zero-order valence-corrected chi connectivity index (χ0v) is 23.7. The number of nitrogens with two attached hydrogens (primary N) is 1. The van der Waals surface area contributed by atoms with E-state index < -0.39 is 47.5 Å². The van der Waals surface area contributed by atoms with Gasteiger partial charge in [0.05, 0.1) is 12.1 Å². The molecule has 40 heavy (non-hydrogen) atoms. The van der Waals surface area contributed by atoms with Crippen molar-refractivity contribution in [3.63, 3.8) is 0 Å². The normalized spacial score (nSPS) is 18.5. The van der Waals surface area contributed by atoms with Crippen LogP contribution in [0, 0.1) is 0 Å². The van der Waals surface area contributed by atoms with E-state index in [1.54, 1.807) is 20.8 Å². The van der Waals surface area contributed by atoms with Crippen LogP contribution in [-0.2, 0) is 40.0 Å². The molecule has 2 rings (SSSR count). The van der Waals surface area contributed by atoms with Crippen molar-refractivity contribution in [2.24, 2.45) is 5.73 Å². The van der Waals surface area contributed by atoms with E-state index in [0.29, 0.717) is 12.8 Å². The van der Waals surface area contributed by atoms with Gasteiger partial charge in [-0.1, -0.05) is 43.2 Å². The quantitative estimate of drug-likeness (QED) is 0.263. The van der Waals surface area contributed by atoms with Crippen LogP contribution in [0.5, 0.6) is 0 Å². The number of ether oxygens (including phenoxy) is 3. The van der Waals surface area contributed by atoms with Gasteiger partial charge in [0.2, 0.25) is 17.7 Å². The van der Waals surface area contributed by atoms with E-state index in [1.165, 1.54) is 6.92 Å². The molecule has 4 atom stereocenters. The van der Waals surface area contributed by atoms with Crippen LogP contribution in [0.1, 0.15) is 71.8 Å². The molecule has 5 N–H and O–H groups in total. The van der Waals surface area contributed by atoms with Crippen LogP contribution in [0.2, 0.25) is 0 Å². The van der Waals surface area contributed by atoms with E-state index in [1.807, 2.05) is 30.3 Å². The molecule has 1 aromatic rings. The highest BCUT2D eigenvalue weighted by molar-refractivity contribution is 5.91. The summed E-state index contributed by atoms with van der Waals surface area (Å²) in [6, 6.07) is 6.71. The molecule has 4 amide bonds. The van der Waals surface area contributed by atoms with Crippen molar-refractivity contribution in [3.05, 3.63) is 35.9 Å². The van der Waals surface area contributed by atoms with E-state index in [4.69, 9.17) is 19.9 Å². The van der Waals surface area contributed by atoms with Crippen LogP contribution in [0.15, 0.2) is 30.3 Å². The molecule has 0 unspecified atom stereocenters. The van der Waals surface area contributed by atoms with Gasteiger partial charge in [0.25, 0.3) is 0 Å². The number of primary amides is 1. The fourth-order valence-electron chi connectivity index (χ4n) is 4.11. The molecule has 1 aliphatic carbocycles. The lowest BCUT2D eigenvalue weighted by molar-refractivity contribution is -0.145. The summed E-state index contributed by atoms with van der Waals surface area (Å²) in [5, 5.41) is 7.80. The number of esters is 1. The van der Waals surface area contributed by atoms with E-state index in [2.05, 4.69) is 16.0 Å². The summed E-state index contributed by atoms with van der Waals surface area (Å²) >= 11 is 0. The van der Waals surface area contributed by atoms with Crippen LogP contribution >= 0.6 is 0 Å². The second-order valence-electron chi connectivity index (χ2n) is 10.8. The smallest absolute Gasteiger partial charge is 0.407 e. The second-order valence-corrected chi connectivity index (χ2v) is 10.8. The Balaban J connectivity index is 1.76. The fraction of sp³-hybridized carbons (Fsp3) is 0.607. The molecule has 222 valence electrons. The van der Waals surface area contributed by atoms with Gasteiger partial charge >= 0.3 is 12.1 Å². The lowest BCUT2D eigenvalue weighted by Gasteiger charge is -2.32. The molecule has 0 radical (unpaired) electrons.